The Morgan fingerprint density at radius 3 is 2.65 bits per heavy atom. The maximum Gasteiger partial charge on any atom is 0.296 e. The van der Waals surface area contributed by atoms with Crippen LogP contribution in [-0.4, -0.2) is 33.6 Å². The molecule has 11 heteroatoms. The molecule has 0 saturated carbocycles. The lowest BCUT2D eigenvalue weighted by molar-refractivity contribution is -0.117. The number of hydrogen-bond acceptors (Lipinski definition) is 9. The van der Waals surface area contributed by atoms with Crippen LogP contribution in [-0.2, 0) is 10.5 Å². The number of rotatable bonds is 12. The number of aromatic nitrogens is 2. The molecule has 2 aromatic carbocycles. The number of furan rings is 1. The average Bonchev–Trinajstić information content (AvgIpc) is 3.72. The predicted octanol–water partition coefficient (Wildman–Crippen LogP) is 7.43. The Hall–Kier alpha value is -3.60. The topological polar surface area (TPSA) is 106 Å². The monoisotopic (exact) mass is 595 g/mol. The zero-order chi connectivity index (χ0) is 28.1. The van der Waals surface area contributed by atoms with E-state index in [1.54, 1.807) is 30.3 Å². The second-order valence-corrected chi connectivity index (χ2v) is 11.6. The molecule has 5 rings (SSSR count). The van der Waals surface area contributed by atoms with E-state index in [-0.39, 0.29) is 16.5 Å². The van der Waals surface area contributed by atoms with Gasteiger partial charge in [0.05, 0.1) is 24.5 Å². The van der Waals surface area contributed by atoms with Gasteiger partial charge < -0.3 is 14.3 Å². The number of hydrogen-bond donors (Lipinski definition) is 1. The van der Waals surface area contributed by atoms with Gasteiger partial charge in [0.1, 0.15) is 5.75 Å². The van der Waals surface area contributed by atoms with Crippen molar-refractivity contribution in [3.63, 3.8) is 0 Å². The summed E-state index contributed by atoms with van der Waals surface area (Å²) in [4.78, 5) is 28.1. The number of carbonyl (C=O) groups is 2. The zero-order valence-electron chi connectivity index (χ0n) is 21.6. The number of nitrogens with zero attached hydrogens (tertiary/aromatic N) is 3. The van der Waals surface area contributed by atoms with Gasteiger partial charge in [-0.05, 0) is 47.9 Å². The summed E-state index contributed by atoms with van der Waals surface area (Å²) in [6.07, 6.45) is 4.50. The first-order valence-electron chi connectivity index (χ1n) is 12.7. The van der Waals surface area contributed by atoms with E-state index >= 15 is 0 Å². The second kappa shape index (κ2) is 12.7. The fraction of sp³-hybridized carbons (Fsp3) is 0.241. The van der Waals surface area contributed by atoms with E-state index in [1.165, 1.54) is 40.3 Å². The first-order chi connectivity index (χ1) is 19.5. The normalized spacial score (nSPS) is 15.2. The number of carbonyl (C=O) groups excluding carboxylic acids is 2. The molecule has 40 heavy (non-hydrogen) atoms. The highest BCUT2D eigenvalue weighted by molar-refractivity contribution is 8.00. The van der Waals surface area contributed by atoms with Crippen LogP contribution in [0.3, 0.4) is 0 Å². The van der Waals surface area contributed by atoms with Gasteiger partial charge in [-0.15, -0.1) is 10.2 Å². The summed E-state index contributed by atoms with van der Waals surface area (Å²) in [6.45, 7) is 2.73. The SMILES string of the molecule is CCCCCOc1ccc(C2C(C(=O)c3ccco3)=C(O)C(=O)N2c2nnc(SCc3ccccc3Cl)s2)cc1. The number of benzene rings is 2. The summed E-state index contributed by atoms with van der Waals surface area (Å²) in [6, 6.07) is 16.8. The van der Waals surface area contributed by atoms with Gasteiger partial charge in [-0.25, -0.2) is 0 Å². The van der Waals surface area contributed by atoms with E-state index in [4.69, 9.17) is 20.8 Å². The third-order valence-electron chi connectivity index (χ3n) is 6.32. The van der Waals surface area contributed by atoms with E-state index in [1.807, 2.05) is 24.3 Å². The smallest absolute Gasteiger partial charge is 0.296 e. The quantitative estimate of drug-likeness (QED) is 0.0780. The number of aliphatic hydroxyl groups is 1. The summed E-state index contributed by atoms with van der Waals surface area (Å²) in [5.74, 6) is -0.703. The fourth-order valence-corrected chi connectivity index (χ4v) is 6.45. The highest BCUT2D eigenvalue weighted by Crippen LogP contribution is 2.44. The van der Waals surface area contributed by atoms with Gasteiger partial charge in [0.25, 0.3) is 5.91 Å². The van der Waals surface area contributed by atoms with Crippen LogP contribution in [0.25, 0.3) is 0 Å². The first kappa shape index (κ1) is 27.9. The molecule has 206 valence electrons. The van der Waals surface area contributed by atoms with Crippen molar-refractivity contribution < 1.29 is 23.8 Å². The van der Waals surface area contributed by atoms with Gasteiger partial charge in [0.15, 0.2) is 15.9 Å². The van der Waals surface area contributed by atoms with Gasteiger partial charge in [-0.3, -0.25) is 14.5 Å². The number of anilines is 1. The molecule has 1 N–H and O–H groups in total. The second-order valence-electron chi connectivity index (χ2n) is 9.00. The number of amides is 1. The van der Waals surface area contributed by atoms with Gasteiger partial charge in [0.2, 0.25) is 10.9 Å². The standard InChI is InChI=1S/C29H26ClN3O5S2/c1-2-3-6-15-37-20-13-11-18(12-14-20)24-23(25(34)22-10-7-16-38-22)26(35)27(36)33(24)28-31-32-29(40-28)39-17-19-8-4-5-9-21(19)30/h4-5,7-14,16,24,35H,2-3,6,15,17H2,1H3. The largest absolute Gasteiger partial charge is 0.503 e. The molecule has 4 aromatic rings. The third kappa shape index (κ3) is 5.94. The minimum Gasteiger partial charge on any atom is -0.503 e. The molecule has 0 aliphatic carbocycles. The van der Waals surface area contributed by atoms with Crippen LogP contribution >= 0.6 is 34.7 Å². The van der Waals surface area contributed by atoms with Gasteiger partial charge in [0, 0.05) is 10.8 Å². The molecule has 2 aromatic heterocycles. The molecule has 0 saturated heterocycles. The number of ether oxygens (including phenoxy) is 1. The Balaban J connectivity index is 1.44. The molecule has 1 unspecified atom stereocenters. The van der Waals surface area contributed by atoms with Crippen LogP contribution in [0.1, 0.15) is 53.9 Å². The molecule has 1 atom stereocenters. The molecule has 0 spiro atoms. The minimum absolute atomic E-state index is 0.0188. The van der Waals surface area contributed by atoms with Crippen molar-refractivity contribution in [1.82, 2.24) is 10.2 Å². The van der Waals surface area contributed by atoms with E-state index in [2.05, 4.69) is 17.1 Å². The van der Waals surface area contributed by atoms with E-state index in [0.29, 0.717) is 33.0 Å². The summed E-state index contributed by atoms with van der Waals surface area (Å²) in [5.41, 5.74) is 1.47. The molecule has 3 heterocycles. The van der Waals surface area contributed by atoms with Crippen LogP contribution in [0.2, 0.25) is 5.02 Å². The number of Topliss-reactive ketones (excluding diaryl/α,β-unsaturated/α-hetero) is 1. The van der Waals surface area contributed by atoms with Crippen molar-refractivity contribution in [2.75, 3.05) is 11.5 Å². The summed E-state index contributed by atoms with van der Waals surface area (Å²) in [7, 11) is 0. The van der Waals surface area contributed by atoms with E-state index < -0.39 is 23.5 Å². The lowest BCUT2D eigenvalue weighted by Crippen LogP contribution is -2.31. The van der Waals surface area contributed by atoms with Crippen molar-refractivity contribution >= 4 is 51.5 Å². The average molecular weight is 596 g/mol. The molecule has 0 radical (unpaired) electrons. The number of unbranched alkanes of at least 4 members (excludes halogenated alkanes) is 2. The lowest BCUT2D eigenvalue weighted by atomic mass is 9.95. The van der Waals surface area contributed by atoms with Crippen molar-refractivity contribution in [2.45, 2.75) is 42.3 Å². The lowest BCUT2D eigenvalue weighted by Gasteiger charge is -2.24. The van der Waals surface area contributed by atoms with Crippen LogP contribution in [0.5, 0.6) is 5.75 Å². The van der Waals surface area contributed by atoms with Crippen LogP contribution in [0, 0.1) is 0 Å². The molecular formula is C29H26ClN3O5S2. The van der Waals surface area contributed by atoms with Crippen LogP contribution in [0.15, 0.2) is 87.0 Å². The molecule has 0 fully saturated rings. The van der Waals surface area contributed by atoms with Gasteiger partial charge >= 0.3 is 0 Å². The Bertz CT molecular complexity index is 1520. The summed E-state index contributed by atoms with van der Waals surface area (Å²) in [5, 5.41) is 20.3. The van der Waals surface area contributed by atoms with Crippen molar-refractivity contribution in [3.05, 3.63) is 100 Å². The highest BCUT2D eigenvalue weighted by Gasteiger charge is 2.46. The zero-order valence-corrected chi connectivity index (χ0v) is 24.0. The maximum atomic E-state index is 13.4. The van der Waals surface area contributed by atoms with Gasteiger partial charge in [-0.2, -0.15) is 0 Å². The van der Waals surface area contributed by atoms with E-state index in [0.717, 1.165) is 24.8 Å². The fourth-order valence-electron chi connectivity index (χ4n) is 4.29. The minimum atomic E-state index is -0.936. The first-order valence-corrected chi connectivity index (χ1v) is 14.9. The van der Waals surface area contributed by atoms with Crippen molar-refractivity contribution in [1.29, 1.82) is 0 Å². The Labute approximate surface area is 244 Å². The molecular weight excluding hydrogens is 570 g/mol. The number of ketones is 1. The Morgan fingerprint density at radius 2 is 1.93 bits per heavy atom. The third-order valence-corrected chi connectivity index (χ3v) is 8.79. The van der Waals surface area contributed by atoms with Crippen molar-refractivity contribution in [2.24, 2.45) is 0 Å². The Morgan fingerprint density at radius 1 is 1.12 bits per heavy atom. The van der Waals surface area contributed by atoms with E-state index in [9.17, 15) is 14.7 Å². The molecule has 8 nitrogen and oxygen atoms in total. The number of halogens is 1. The number of aliphatic hydroxyl groups excluding tert-OH is 1. The van der Waals surface area contributed by atoms with Crippen LogP contribution < -0.4 is 9.64 Å². The molecule has 1 amide bonds. The Kier molecular flexibility index (Phi) is 8.88. The molecule has 0 bridgehead atoms. The summed E-state index contributed by atoms with van der Waals surface area (Å²) >= 11 is 8.91. The summed E-state index contributed by atoms with van der Waals surface area (Å²) < 4.78 is 11.7. The predicted molar refractivity (Wildman–Crippen MR) is 155 cm³/mol. The number of thioether (sulfide) groups is 1. The molecule has 1 aliphatic heterocycles. The maximum absolute atomic E-state index is 13.4. The van der Waals surface area contributed by atoms with Crippen molar-refractivity contribution in [3.8, 4) is 5.75 Å². The highest BCUT2D eigenvalue weighted by atomic mass is 35.5. The molecule has 1 aliphatic rings. The van der Waals surface area contributed by atoms with Gasteiger partial charge in [-0.1, -0.05) is 84.8 Å². The van der Waals surface area contributed by atoms with Crippen LogP contribution in [0.4, 0.5) is 5.13 Å².